The van der Waals surface area contributed by atoms with Gasteiger partial charge in [-0.05, 0) is 54.1 Å². The van der Waals surface area contributed by atoms with Crippen LogP contribution in [0.25, 0.3) is 5.69 Å². The SMILES string of the molecule is O=C(On1c(Nc2ccc(CNc3ccccc3O)cc2)nn(-c2ccc(Cl)cc2)c1=O)C(F)(F)F. The predicted molar refractivity (Wildman–Crippen MR) is 126 cm³/mol. The Kier molecular flexibility index (Phi) is 6.88. The minimum absolute atomic E-state index is 0.0958. The third-order valence-electron chi connectivity index (χ3n) is 4.82. The van der Waals surface area contributed by atoms with E-state index >= 15 is 0 Å². The second-order valence-corrected chi connectivity index (χ2v) is 7.79. The highest BCUT2D eigenvalue weighted by atomic mass is 35.5. The molecule has 0 aliphatic heterocycles. The summed E-state index contributed by atoms with van der Waals surface area (Å²) in [4.78, 5) is 28.5. The standard InChI is InChI=1S/C23H17ClF3N5O4/c24-15-7-11-17(12-8-15)31-22(35)32(36-20(34)23(25,26)27)21(30-31)29-16-9-5-14(6-10-16)13-28-18-3-1-2-4-19(18)33/h1-12,28,33H,13H2,(H,29,30). The zero-order valence-corrected chi connectivity index (χ0v) is 18.9. The number of carbonyl (C=O) groups is 1. The zero-order valence-electron chi connectivity index (χ0n) is 18.2. The molecule has 13 heteroatoms. The molecule has 4 rings (SSSR count). The monoisotopic (exact) mass is 519 g/mol. The van der Waals surface area contributed by atoms with Gasteiger partial charge < -0.3 is 20.6 Å². The van der Waals surface area contributed by atoms with Crippen molar-refractivity contribution in [1.82, 2.24) is 14.5 Å². The summed E-state index contributed by atoms with van der Waals surface area (Å²) in [6.45, 7) is 0.372. The number of hydrogen-bond donors (Lipinski definition) is 3. The number of para-hydroxylation sites is 2. The summed E-state index contributed by atoms with van der Waals surface area (Å²) in [7, 11) is 0. The molecule has 0 unspecified atom stereocenters. The minimum atomic E-state index is -5.33. The van der Waals surface area contributed by atoms with Crippen LogP contribution in [0.4, 0.5) is 30.5 Å². The number of benzene rings is 3. The Bertz CT molecular complexity index is 1430. The average Bonchev–Trinajstić information content (AvgIpc) is 3.14. The van der Waals surface area contributed by atoms with E-state index in [0.29, 0.717) is 22.9 Å². The van der Waals surface area contributed by atoms with Crippen molar-refractivity contribution in [2.45, 2.75) is 12.7 Å². The number of phenolic OH excluding ortho intramolecular Hbond substituents is 1. The van der Waals surface area contributed by atoms with Crippen LogP contribution in [-0.4, -0.2) is 31.8 Å². The molecule has 186 valence electrons. The van der Waals surface area contributed by atoms with Crippen molar-refractivity contribution in [3.63, 3.8) is 0 Å². The molecule has 3 N–H and O–H groups in total. The summed E-state index contributed by atoms with van der Waals surface area (Å²) < 4.78 is 39.3. The fraction of sp³-hybridized carbons (Fsp3) is 0.0870. The molecule has 4 aromatic rings. The lowest BCUT2D eigenvalue weighted by atomic mass is 10.2. The van der Waals surface area contributed by atoms with E-state index in [0.717, 1.165) is 10.2 Å². The summed E-state index contributed by atoms with van der Waals surface area (Å²) in [6.07, 6.45) is -5.33. The highest BCUT2D eigenvalue weighted by Crippen LogP contribution is 2.23. The molecule has 1 aromatic heterocycles. The van der Waals surface area contributed by atoms with Gasteiger partial charge in [0.2, 0.25) is 0 Å². The topological polar surface area (TPSA) is 110 Å². The molecule has 0 aliphatic rings. The van der Waals surface area contributed by atoms with Gasteiger partial charge in [-0.15, -0.1) is 5.10 Å². The van der Waals surface area contributed by atoms with Gasteiger partial charge in [0, 0.05) is 17.3 Å². The van der Waals surface area contributed by atoms with Gasteiger partial charge in [-0.25, -0.2) is 9.59 Å². The molecule has 0 fully saturated rings. The largest absolute Gasteiger partial charge is 0.506 e. The van der Waals surface area contributed by atoms with Crippen LogP contribution < -0.4 is 21.2 Å². The van der Waals surface area contributed by atoms with E-state index in [4.69, 9.17) is 11.6 Å². The number of aromatic hydroxyl groups is 1. The first-order valence-electron chi connectivity index (χ1n) is 10.3. The molecule has 0 saturated heterocycles. The van der Waals surface area contributed by atoms with E-state index in [-0.39, 0.29) is 16.2 Å². The maximum Gasteiger partial charge on any atom is 0.493 e. The number of nitrogens with one attached hydrogen (secondary N) is 2. The Morgan fingerprint density at radius 1 is 1.03 bits per heavy atom. The third-order valence-corrected chi connectivity index (χ3v) is 5.07. The number of nitrogens with zero attached hydrogens (tertiary/aromatic N) is 3. The maximum absolute atomic E-state index is 12.8. The van der Waals surface area contributed by atoms with Crippen LogP contribution >= 0.6 is 11.6 Å². The molecule has 0 spiro atoms. The van der Waals surface area contributed by atoms with Gasteiger partial charge in [0.15, 0.2) is 0 Å². The molecule has 0 radical (unpaired) electrons. The maximum atomic E-state index is 12.8. The molecule has 1 heterocycles. The fourth-order valence-electron chi connectivity index (χ4n) is 3.05. The van der Waals surface area contributed by atoms with E-state index in [1.807, 2.05) is 0 Å². The summed E-state index contributed by atoms with van der Waals surface area (Å²) in [6, 6.07) is 19.1. The van der Waals surface area contributed by atoms with Gasteiger partial charge >= 0.3 is 17.8 Å². The zero-order chi connectivity index (χ0) is 25.9. The van der Waals surface area contributed by atoms with Crippen molar-refractivity contribution >= 4 is 34.9 Å². The van der Waals surface area contributed by atoms with E-state index in [2.05, 4.69) is 20.6 Å². The summed E-state index contributed by atoms with van der Waals surface area (Å²) in [5.74, 6) is -2.96. The van der Waals surface area contributed by atoms with Crippen molar-refractivity contribution in [1.29, 1.82) is 0 Å². The van der Waals surface area contributed by atoms with Crippen molar-refractivity contribution in [2.24, 2.45) is 0 Å². The van der Waals surface area contributed by atoms with Crippen molar-refractivity contribution in [2.75, 3.05) is 10.6 Å². The fourth-order valence-corrected chi connectivity index (χ4v) is 3.18. The molecular formula is C23H17ClF3N5O4. The van der Waals surface area contributed by atoms with E-state index in [1.54, 1.807) is 48.5 Å². The number of halogens is 4. The smallest absolute Gasteiger partial charge is 0.493 e. The number of carbonyl (C=O) groups excluding carboxylic acids is 1. The average molecular weight is 520 g/mol. The summed E-state index contributed by atoms with van der Waals surface area (Å²) >= 11 is 5.84. The highest BCUT2D eigenvalue weighted by molar-refractivity contribution is 6.30. The number of hydrogen-bond acceptors (Lipinski definition) is 7. The Labute approximate surface area is 206 Å². The van der Waals surface area contributed by atoms with Gasteiger partial charge in [-0.2, -0.15) is 17.9 Å². The number of phenols is 1. The second kappa shape index (κ2) is 10.0. The minimum Gasteiger partial charge on any atom is -0.506 e. The molecule has 3 aromatic carbocycles. The van der Waals surface area contributed by atoms with E-state index in [9.17, 15) is 27.9 Å². The molecule has 0 aliphatic carbocycles. The molecule has 9 nitrogen and oxygen atoms in total. The molecular weight excluding hydrogens is 503 g/mol. The van der Waals surface area contributed by atoms with Gasteiger partial charge in [0.05, 0.1) is 11.4 Å². The lowest BCUT2D eigenvalue weighted by molar-refractivity contribution is -0.200. The first-order valence-corrected chi connectivity index (χ1v) is 10.6. The Hall–Kier alpha value is -4.45. The van der Waals surface area contributed by atoms with Crippen LogP contribution in [0.5, 0.6) is 5.75 Å². The van der Waals surface area contributed by atoms with Crippen LogP contribution in [0.15, 0.2) is 77.6 Å². The van der Waals surface area contributed by atoms with Crippen LogP contribution in [0.3, 0.4) is 0 Å². The molecule has 0 amide bonds. The Balaban J connectivity index is 1.58. The third kappa shape index (κ3) is 5.61. The normalized spacial score (nSPS) is 11.2. The van der Waals surface area contributed by atoms with Gasteiger partial charge in [0.1, 0.15) is 5.75 Å². The van der Waals surface area contributed by atoms with Crippen LogP contribution in [-0.2, 0) is 11.3 Å². The Morgan fingerprint density at radius 2 is 1.69 bits per heavy atom. The number of anilines is 3. The highest BCUT2D eigenvalue weighted by Gasteiger charge is 2.43. The second-order valence-electron chi connectivity index (χ2n) is 7.36. The van der Waals surface area contributed by atoms with Crippen molar-refractivity contribution in [3.8, 4) is 11.4 Å². The van der Waals surface area contributed by atoms with Crippen LogP contribution in [0.2, 0.25) is 5.02 Å². The first kappa shape index (κ1) is 24.7. The number of aromatic nitrogens is 3. The number of alkyl halides is 3. The van der Waals surface area contributed by atoms with Gasteiger partial charge in [0.25, 0.3) is 5.95 Å². The van der Waals surface area contributed by atoms with Gasteiger partial charge in [-0.1, -0.05) is 40.6 Å². The number of rotatable bonds is 7. The lowest BCUT2D eigenvalue weighted by Crippen LogP contribution is -2.39. The molecule has 0 atom stereocenters. The summed E-state index contributed by atoms with van der Waals surface area (Å²) in [5.41, 5.74) is 0.735. The van der Waals surface area contributed by atoms with Crippen molar-refractivity contribution in [3.05, 3.63) is 93.9 Å². The summed E-state index contributed by atoms with van der Waals surface area (Å²) in [5, 5.41) is 19.9. The Morgan fingerprint density at radius 3 is 2.33 bits per heavy atom. The molecule has 0 saturated carbocycles. The lowest BCUT2D eigenvalue weighted by Gasteiger charge is -2.10. The molecule has 36 heavy (non-hydrogen) atoms. The van der Waals surface area contributed by atoms with Crippen molar-refractivity contribution < 1.29 is 27.9 Å². The van der Waals surface area contributed by atoms with E-state index < -0.39 is 23.8 Å². The quantitative estimate of drug-likeness (QED) is 0.313. The van der Waals surface area contributed by atoms with E-state index in [1.165, 1.54) is 24.3 Å². The van der Waals surface area contributed by atoms with Crippen LogP contribution in [0, 0.1) is 0 Å². The van der Waals surface area contributed by atoms with Crippen LogP contribution in [0.1, 0.15) is 5.56 Å². The molecule has 0 bridgehead atoms. The van der Waals surface area contributed by atoms with Gasteiger partial charge in [-0.3, -0.25) is 0 Å². The first-order chi connectivity index (χ1) is 17.1. The predicted octanol–water partition coefficient (Wildman–Crippen LogP) is 4.27.